The molecule has 0 fully saturated rings. The Kier molecular flexibility index (Phi) is 12.9. The van der Waals surface area contributed by atoms with Gasteiger partial charge >= 0.3 is 6.36 Å². The quantitative estimate of drug-likeness (QED) is 0.0740. The number of amides is 1. The van der Waals surface area contributed by atoms with Crippen LogP contribution in [0.2, 0.25) is 0 Å². The van der Waals surface area contributed by atoms with Gasteiger partial charge in [0.25, 0.3) is 0 Å². The summed E-state index contributed by atoms with van der Waals surface area (Å²) in [6.45, 7) is 8.25. The third-order valence-corrected chi connectivity index (χ3v) is 8.46. The van der Waals surface area contributed by atoms with Crippen molar-refractivity contribution in [1.82, 2.24) is 9.55 Å². The van der Waals surface area contributed by atoms with Crippen LogP contribution in [0.5, 0.6) is 11.5 Å². The summed E-state index contributed by atoms with van der Waals surface area (Å²) in [5.74, 6) is -0.0631. The third-order valence-electron chi connectivity index (χ3n) is 7.12. The molecule has 12 heteroatoms. The SMILES string of the molecule is CCCCOCCOc1ccc(-c2ccc(OC(F)(F)F)c(/C=C/C(=O)Nc3ccc([S@@+]([O-])Cc4c(C)ncn4CC)cc3)c2)cc1. The second-order valence-electron chi connectivity index (χ2n) is 10.5. The van der Waals surface area contributed by atoms with E-state index in [4.69, 9.17) is 9.47 Å². The van der Waals surface area contributed by atoms with Gasteiger partial charge < -0.3 is 28.6 Å². The summed E-state index contributed by atoms with van der Waals surface area (Å²) >= 11 is -1.32. The number of alkyl halides is 3. The number of nitrogens with zero attached hydrogens (tertiary/aromatic N) is 2. The Morgan fingerprint density at radius 3 is 2.40 bits per heavy atom. The summed E-state index contributed by atoms with van der Waals surface area (Å²) in [6, 6.07) is 17.9. The second-order valence-corrected chi connectivity index (χ2v) is 12.0. The number of unbranched alkanes of at least 4 members (excludes halogenated alkanes) is 1. The Morgan fingerprint density at radius 1 is 1.00 bits per heavy atom. The zero-order valence-electron chi connectivity index (χ0n) is 26.5. The Morgan fingerprint density at radius 2 is 1.72 bits per heavy atom. The number of benzene rings is 3. The van der Waals surface area contributed by atoms with Crippen LogP contribution in [0.3, 0.4) is 0 Å². The molecule has 1 atom stereocenters. The second kappa shape index (κ2) is 17.1. The lowest BCUT2D eigenvalue weighted by molar-refractivity contribution is -0.274. The molecule has 1 heterocycles. The van der Waals surface area contributed by atoms with Crippen molar-refractivity contribution in [3.63, 3.8) is 0 Å². The van der Waals surface area contributed by atoms with E-state index >= 15 is 0 Å². The first kappa shape index (κ1) is 35.6. The summed E-state index contributed by atoms with van der Waals surface area (Å²) < 4.78 is 69.7. The average molecular weight is 670 g/mol. The van der Waals surface area contributed by atoms with Gasteiger partial charge in [-0.3, -0.25) is 4.79 Å². The number of aryl methyl sites for hydroxylation is 2. The molecule has 1 amide bonds. The van der Waals surface area contributed by atoms with Gasteiger partial charge in [0.1, 0.15) is 18.1 Å². The zero-order valence-corrected chi connectivity index (χ0v) is 27.3. The smallest absolute Gasteiger partial charge is 0.573 e. The predicted octanol–water partition coefficient (Wildman–Crippen LogP) is 7.93. The molecule has 0 bridgehead atoms. The highest BCUT2D eigenvalue weighted by molar-refractivity contribution is 7.90. The molecule has 3 aromatic carbocycles. The molecule has 0 saturated heterocycles. The normalized spacial score (nSPS) is 12.3. The van der Waals surface area contributed by atoms with E-state index in [0.29, 0.717) is 47.5 Å². The highest BCUT2D eigenvalue weighted by atomic mass is 32.2. The lowest BCUT2D eigenvalue weighted by atomic mass is 10.0. The number of carbonyl (C=O) groups excluding carboxylic acids is 1. The summed E-state index contributed by atoms with van der Waals surface area (Å²) in [4.78, 5) is 17.6. The van der Waals surface area contributed by atoms with Gasteiger partial charge in [0.05, 0.1) is 24.3 Å². The molecular weight excluding hydrogens is 631 g/mol. The van der Waals surface area contributed by atoms with Gasteiger partial charge in [-0.2, -0.15) is 0 Å². The number of aromatic nitrogens is 2. The molecule has 4 rings (SSSR count). The molecule has 1 N–H and O–H groups in total. The fourth-order valence-corrected chi connectivity index (χ4v) is 5.83. The molecule has 0 radical (unpaired) electrons. The van der Waals surface area contributed by atoms with Crippen molar-refractivity contribution < 1.29 is 36.7 Å². The maximum absolute atomic E-state index is 13.1. The van der Waals surface area contributed by atoms with Gasteiger partial charge in [-0.1, -0.05) is 31.5 Å². The van der Waals surface area contributed by atoms with E-state index in [-0.39, 0.29) is 5.56 Å². The number of rotatable bonds is 16. The van der Waals surface area contributed by atoms with Gasteiger partial charge in [0, 0.05) is 30.5 Å². The van der Waals surface area contributed by atoms with Crippen LogP contribution in [-0.2, 0) is 33.0 Å². The monoisotopic (exact) mass is 669 g/mol. The molecule has 0 aliphatic rings. The number of carbonyl (C=O) groups is 1. The topological polar surface area (TPSA) is 97.7 Å². The lowest BCUT2D eigenvalue weighted by Gasteiger charge is -2.14. The fourth-order valence-electron chi connectivity index (χ4n) is 4.60. The summed E-state index contributed by atoms with van der Waals surface area (Å²) in [5, 5.41) is 2.68. The zero-order chi connectivity index (χ0) is 33.8. The standard InChI is InChI=1S/C35H38F3N3O5S/c1-4-6-19-44-20-21-45-30-13-7-26(8-14-30)27-9-17-33(46-35(36,37)38)28(22-27)10-18-34(42)40-29-11-15-31(16-12-29)47(43)23-32-25(3)39-24-41(32)5-2/h7-18,22,24H,4-6,19-21,23H2,1-3H3,(H,40,42)/b18-10+/t47-/m0/s1. The Hall–Kier alpha value is -4.26. The van der Waals surface area contributed by atoms with Gasteiger partial charge in [-0.15, -0.1) is 13.2 Å². The average Bonchev–Trinajstić information content (AvgIpc) is 3.40. The van der Waals surface area contributed by atoms with E-state index in [2.05, 4.69) is 22.0 Å². The van der Waals surface area contributed by atoms with Crippen LogP contribution in [0, 0.1) is 6.92 Å². The Bertz CT molecular complexity index is 1620. The molecule has 47 heavy (non-hydrogen) atoms. The van der Waals surface area contributed by atoms with Crippen LogP contribution in [-0.4, -0.2) is 46.2 Å². The van der Waals surface area contributed by atoms with Crippen LogP contribution in [0.25, 0.3) is 17.2 Å². The molecule has 0 aliphatic carbocycles. The molecule has 4 aromatic rings. The number of ether oxygens (including phenoxy) is 3. The van der Waals surface area contributed by atoms with Crippen molar-refractivity contribution in [2.24, 2.45) is 0 Å². The predicted molar refractivity (Wildman–Crippen MR) is 177 cm³/mol. The van der Waals surface area contributed by atoms with E-state index in [1.165, 1.54) is 24.3 Å². The highest BCUT2D eigenvalue weighted by Crippen LogP contribution is 2.32. The van der Waals surface area contributed by atoms with Crippen molar-refractivity contribution in [3.05, 3.63) is 96.1 Å². The van der Waals surface area contributed by atoms with Gasteiger partial charge in [0.15, 0.2) is 10.6 Å². The maximum Gasteiger partial charge on any atom is 0.573 e. The first-order valence-corrected chi connectivity index (χ1v) is 16.6. The van der Waals surface area contributed by atoms with Crippen molar-refractivity contribution in [3.8, 4) is 22.6 Å². The van der Waals surface area contributed by atoms with E-state index in [9.17, 15) is 22.5 Å². The van der Waals surface area contributed by atoms with Crippen molar-refractivity contribution >= 4 is 28.8 Å². The Labute approximate surface area is 275 Å². The number of hydrogen-bond donors (Lipinski definition) is 1. The first-order chi connectivity index (χ1) is 22.6. The van der Waals surface area contributed by atoms with Crippen LogP contribution < -0.4 is 14.8 Å². The van der Waals surface area contributed by atoms with E-state index in [0.717, 1.165) is 42.4 Å². The van der Waals surface area contributed by atoms with Crippen LogP contribution in [0.15, 0.2) is 84.0 Å². The minimum Gasteiger partial charge on any atom is -0.611 e. The largest absolute Gasteiger partial charge is 0.611 e. The molecule has 250 valence electrons. The third kappa shape index (κ3) is 10.9. The molecule has 0 unspecified atom stereocenters. The van der Waals surface area contributed by atoms with Crippen molar-refractivity contribution in [1.29, 1.82) is 0 Å². The van der Waals surface area contributed by atoms with E-state index in [1.54, 1.807) is 54.9 Å². The van der Waals surface area contributed by atoms with Crippen molar-refractivity contribution in [2.45, 2.75) is 57.2 Å². The first-order valence-electron chi connectivity index (χ1n) is 15.2. The van der Waals surface area contributed by atoms with Crippen LogP contribution in [0.4, 0.5) is 18.9 Å². The summed E-state index contributed by atoms with van der Waals surface area (Å²) in [6.07, 6.45) is 1.26. The minimum absolute atomic E-state index is 0.0619. The van der Waals surface area contributed by atoms with E-state index in [1.807, 2.05) is 18.4 Å². The van der Waals surface area contributed by atoms with Crippen molar-refractivity contribution in [2.75, 3.05) is 25.1 Å². The molecule has 0 saturated carbocycles. The van der Waals surface area contributed by atoms with Crippen LogP contribution >= 0.6 is 0 Å². The number of imidazole rings is 1. The van der Waals surface area contributed by atoms with Crippen LogP contribution in [0.1, 0.15) is 43.6 Å². The Balaban J connectivity index is 1.41. The number of nitrogens with one attached hydrogen (secondary N) is 1. The van der Waals surface area contributed by atoms with Gasteiger partial charge in [0.2, 0.25) is 5.91 Å². The maximum atomic E-state index is 13.1. The number of hydrogen-bond acceptors (Lipinski definition) is 6. The van der Waals surface area contributed by atoms with Gasteiger partial charge in [-0.05, 0) is 97.2 Å². The van der Waals surface area contributed by atoms with Gasteiger partial charge in [-0.25, -0.2) is 4.98 Å². The summed E-state index contributed by atoms with van der Waals surface area (Å²) in [5.41, 5.74) is 3.58. The van der Waals surface area contributed by atoms with E-state index < -0.39 is 29.2 Å². The lowest BCUT2D eigenvalue weighted by Crippen LogP contribution is -2.17. The molecule has 0 aliphatic heterocycles. The molecule has 1 aromatic heterocycles. The fraction of sp³-hybridized carbons (Fsp3) is 0.314. The molecule has 0 spiro atoms. The minimum atomic E-state index is -4.91. The molecule has 8 nitrogen and oxygen atoms in total. The number of anilines is 1. The summed E-state index contributed by atoms with van der Waals surface area (Å²) in [7, 11) is 0. The molecular formula is C35H38F3N3O5S. The number of halogens is 3. The highest BCUT2D eigenvalue weighted by Gasteiger charge is 2.32.